The zero-order chi connectivity index (χ0) is 13.0. The molecular weight excluding hydrogens is 236 g/mol. The molecule has 1 atom stereocenters. The van der Waals surface area contributed by atoms with E-state index in [2.05, 4.69) is 18.9 Å². The van der Waals surface area contributed by atoms with Crippen molar-refractivity contribution in [3.05, 3.63) is 28.3 Å². The number of likely N-dealkylation sites (N-methyl/N-ethyl adjacent to an activating group) is 1. The Morgan fingerprint density at radius 3 is 2.65 bits per heavy atom. The Kier molecular flexibility index (Phi) is 5.25. The van der Waals surface area contributed by atoms with Crippen molar-refractivity contribution in [3.63, 3.8) is 0 Å². The summed E-state index contributed by atoms with van der Waals surface area (Å²) in [6, 6.07) is 4.11. The molecule has 0 aliphatic heterocycles. The van der Waals surface area contributed by atoms with Crippen molar-refractivity contribution < 1.29 is 4.74 Å². The molecule has 0 aliphatic rings. The van der Waals surface area contributed by atoms with Gasteiger partial charge >= 0.3 is 0 Å². The fraction of sp³-hybridized carbons (Fsp3) is 0.538. The minimum atomic E-state index is 0.175. The molecule has 0 fully saturated rings. The summed E-state index contributed by atoms with van der Waals surface area (Å²) < 4.78 is 5.18. The molecule has 0 spiro atoms. The third-order valence-corrected chi connectivity index (χ3v) is 2.95. The van der Waals surface area contributed by atoms with Gasteiger partial charge in [-0.2, -0.15) is 0 Å². The Balaban J connectivity index is 2.81. The lowest BCUT2D eigenvalue weighted by Gasteiger charge is -2.20. The highest BCUT2D eigenvalue weighted by Gasteiger charge is 2.09. The number of nitrogens with zero attached hydrogens (tertiary/aromatic N) is 1. The van der Waals surface area contributed by atoms with E-state index in [1.54, 1.807) is 7.11 Å². The first-order valence-corrected chi connectivity index (χ1v) is 6.09. The second-order valence-electron chi connectivity index (χ2n) is 4.59. The van der Waals surface area contributed by atoms with Crippen molar-refractivity contribution in [3.8, 4) is 5.75 Å². The third kappa shape index (κ3) is 4.19. The molecule has 3 nitrogen and oxygen atoms in total. The van der Waals surface area contributed by atoms with Gasteiger partial charge in [0, 0.05) is 19.1 Å². The van der Waals surface area contributed by atoms with E-state index in [0.717, 1.165) is 18.8 Å². The van der Waals surface area contributed by atoms with Gasteiger partial charge in [-0.05, 0) is 44.2 Å². The van der Waals surface area contributed by atoms with E-state index < -0.39 is 0 Å². The highest BCUT2D eigenvalue weighted by atomic mass is 35.5. The van der Waals surface area contributed by atoms with Crippen LogP contribution in [0.15, 0.2) is 12.1 Å². The first kappa shape index (κ1) is 14.3. The average Bonchev–Trinajstić information content (AvgIpc) is 2.21. The Bertz CT molecular complexity index is 380. The van der Waals surface area contributed by atoms with Crippen LogP contribution in [0.4, 0.5) is 0 Å². The van der Waals surface area contributed by atoms with E-state index in [9.17, 15) is 0 Å². The largest absolute Gasteiger partial charge is 0.495 e. The molecule has 0 aromatic heterocycles. The van der Waals surface area contributed by atoms with E-state index in [-0.39, 0.29) is 6.04 Å². The zero-order valence-corrected chi connectivity index (χ0v) is 11.7. The summed E-state index contributed by atoms with van der Waals surface area (Å²) in [6.45, 7) is 5.78. The molecule has 4 heteroatoms. The van der Waals surface area contributed by atoms with E-state index in [4.69, 9.17) is 22.1 Å². The van der Waals surface area contributed by atoms with Crippen LogP contribution in [0.5, 0.6) is 5.75 Å². The van der Waals surface area contributed by atoms with Gasteiger partial charge in [0.15, 0.2) is 0 Å². The second-order valence-corrected chi connectivity index (χ2v) is 4.99. The fourth-order valence-corrected chi connectivity index (χ4v) is 2.13. The normalized spacial score (nSPS) is 12.9. The second kappa shape index (κ2) is 6.24. The quantitative estimate of drug-likeness (QED) is 0.880. The van der Waals surface area contributed by atoms with Crippen molar-refractivity contribution in [2.45, 2.75) is 26.4 Å². The van der Waals surface area contributed by atoms with Crippen LogP contribution in [0.25, 0.3) is 0 Å². The minimum Gasteiger partial charge on any atom is -0.495 e. The molecular formula is C13H21ClN2O. The molecule has 96 valence electrons. The highest BCUT2D eigenvalue weighted by molar-refractivity contribution is 6.32. The van der Waals surface area contributed by atoms with Gasteiger partial charge in [-0.25, -0.2) is 0 Å². The van der Waals surface area contributed by atoms with Gasteiger partial charge in [0.05, 0.1) is 12.1 Å². The van der Waals surface area contributed by atoms with E-state index in [1.165, 1.54) is 11.1 Å². The van der Waals surface area contributed by atoms with E-state index in [0.29, 0.717) is 5.02 Å². The first-order chi connectivity index (χ1) is 7.93. The molecule has 2 N–H and O–H groups in total. The van der Waals surface area contributed by atoms with Crippen molar-refractivity contribution in [1.29, 1.82) is 0 Å². The maximum atomic E-state index is 6.12. The number of ether oxygens (including phenoxy) is 1. The number of aryl methyl sites for hydroxylation is 1. The Labute approximate surface area is 109 Å². The Morgan fingerprint density at radius 1 is 1.47 bits per heavy atom. The molecule has 0 amide bonds. The standard InChI is InChI=1S/C13H21ClN2O/c1-9-5-13(17-4)12(14)6-11(9)8-16(3)7-10(2)15/h5-6,10H,7-8,15H2,1-4H3. The van der Waals surface area contributed by atoms with Gasteiger partial charge in [-0.15, -0.1) is 0 Å². The summed E-state index contributed by atoms with van der Waals surface area (Å²) in [5, 5.41) is 0.655. The van der Waals surface area contributed by atoms with Crippen LogP contribution in [-0.2, 0) is 6.54 Å². The molecule has 0 saturated heterocycles. The third-order valence-electron chi connectivity index (χ3n) is 2.65. The van der Waals surface area contributed by atoms with Crippen LogP contribution in [0.1, 0.15) is 18.1 Å². The topological polar surface area (TPSA) is 38.5 Å². The first-order valence-electron chi connectivity index (χ1n) is 5.71. The van der Waals surface area contributed by atoms with Crippen LogP contribution in [-0.4, -0.2) is 31.6 Å². The number of halogens is 1. The minimum absolute atomic E-state index is 0.175. The van der Waals surface area contributed by atoms with Gasteiger partial charge in [0.2, 0.25) is 0 Å². The van der Waals surface area contributed by atoms with Gasteiger partial charge < -0.3 is 15.4 Å². The van der Waals surface area contributed by atoms with Crippen LogP contribution in [0.2, 0.25) is 5.02 Å². The average molecular weight is 257 g/mol. The Hall–Kier alpha value is -0.770. The van der Waals surface area contributed by atoms with Gasteiger partial charge in [0.25, 0.3) is 0 Å². The molecule has 0 saturated carbocycles. The maximum Gasteiger partial charge on any atom is 0.137 e. The lowest BCUT2D eigenvalue weighted by atomic mass is 10.1. The lowest BCUT2D eigenvalue weighted by molar-refractivity contribution is 0.309. The van der Waals surface area contributed by atoms with Crippen molar-refractivity contribution >= 4 is 11.6 Å². The summed E-state index contributed by atoms with van der Waals surface area (Å²) >= 11 is 6.12. The highest BCUT2D eigenvalue weighted by Crippen LogP contribution is 2.28. The number of rotatable bonds is 5. The summed E-state index contributed by atoms with van der Waals surface area (Å²) in [7, 11) is 3.68. The summed E-state index contributed by atoms with van der Waals surface area (Å²) in [6.07, 6.45) is 0. The molecule has 1 unspecified atom stereocenters. The Morgan fingerprint density at radius 2 is 2.12 bits per heavy atom. The van der Waals surface area contributed by atoms with E-state index >= 15 is 0 Å². The number of nitrogens with two attached hydrogens (primary N) is 1. The summed E-state index contributed by atoms with van der Waals surface area (Å²) in [5.74, 6) is 0.725. The molecule has 1 rings (SSSR count). The van der Waals surface area contributed by atoms with Crippen LogP contribution in [0, 0.1) is 6.92 Å². The molecule has 17 heavy (non-hydrogen) atoms. The monoisotopic (exact) mass is 256 g/mol. The SMILES string of the molecule is COc1cc(C)c(CN(C)CC(C)N)cc1Cl. The van der Waals surface area contributed by atoms with Crippen molar-refractivity contribution in [2.24, 2.45) is 5.73 Å². The number of hydrogen-bond donors (Lipinski definition) is 1. The molecule has 0 radical (unpaired) electrons. The van der Waals surface area contributed by atoms with Crippen LogP contribution in [0.3, 0.4) is 0 Å². The molecule has 0 aliphatic carbocycles. The lowest BCUT2D eigenvalue weighted by Crippen LogP contribution is -2.32. The molecule has 0 bridgehead atoms. The summed E-state index contributed by atoms with van der Waals surface area (Å²) in [4.78, 5) is 2.19. The van der Waals surface area contributed by atoms with Crippen molar-refractivity contribution in [1.82, 2.24) is 4.90 Å². The van der Waals surface area contributed by atoms with Gasteiger partial charge in [-0.1, -0.05) is 11.6 Å². The molecule has 1 aromatic rings. The number of methoxy groups -OCH3 is 1. The molecule has 0 heterocycles. The number of benzene rings is 1. The van der Waals surface area contributed by atoms with Crippen LogP contribution >= 0.6 is 11.6 Å². The van der Waals surface area contributed by atoms with Gasteiger partial charge in [-0.3, -0.25) is 0 Å². The van der Waals surface area contributed by atoms with Crippen LogP contribution < -0.4 is 10.5 Å². The molecule has 1 aromatic carbocycles. The summed E-state index contributed by atoms with van der Waals surface area (Å²) in [5.41, 5.74) is 8.16. The van der Waals surface area contributed by atoms with E-state index in [1.807, 2.05) is 19.1 Å². The number of hydrogen-bond acceptors (Lipinski definition) is 3. The van der Waals surface area contributed by atoms with Gasteiger partial charge in [0.1, 0.15) is 5.75 Å². The zero-order valence-electron chi connectivity index (χ0n) is 11.0. The predicted octanol–water partition coefficient (Wildman–Crippen LogP) is 2.44. The maximum absolute atomic E-state index is 6.12. The fourth-order valence-electron chi connectivity index (χ4n) is 1.87. The smallest absolute Gasteiger partial charge is 0.137 e. The van der Waals surface area contributed by atoms with Crippen molar-refractivity contribution in [2.75, 3.05) is 20.7 Å². The predicted molar refractivity (Wildman–Crippen MR) is 72.7 cm³/mol.